The third kappa shape index (κ3) is 7.56. The Morgan fingerprint density at radius 3 is 2.10 bits per heavy atom. The zero-order chi connectivity index (χ0) is 21.9. The normalized spacial score (nSPS) is 11.4. The van der Waals surface area contributed by atoms with Crippen molar-refractivity contribution in [3.8, 4) is 5.75 Å². The minimum Gasteiger partial charge on any atom is -0.494 e. The highest BCUT2D eigenvalue weighted by molar-refractivity contribution is 6.09. The van der Waals surface area contributed by atoms with Crippen molar-refractivity contribution in [2.75, 3.05) is 37.7 Å². The summed E-state index contributed by atoms with van der Waals surface area (Å²) in [5.41, 5.74) is 1.12. The SMILES string of the molecule is CCOc1ccc(N(C(=O)c2ccccc2)C(C)C(=O)OCCN(CC)CC)cc1.Cl. The largest absolute Gasteiger partial charge is 0.494 e. The third-order valence-electron chi connectivity index (χ3n) is 4.94. The number of esters is 1. The van der Waals surface area contributed by atoms with Crippen LogP contribution in [0.1, 0.15) is 38.1 Å². The summed E-state index contributed by atoms with van der Waals surface area (Å²) >= 11 is 0. The van der Waals surface area contributed by atoms with Crippen molar-refractivity contribution in [2.24, 2.45) is 0 Å². The predicted octanol–water partition coefficient (Wildman–Crippen LogP) is 4.43. The zero-order valence-corrected chi connectivity index (χ0v) is 19.6. The average Bonchev–Trinajstić information content (AvgIpc) is 2.78. The van der Waals surface area contributed by atoms with Crippen molar-refractivity contribution in [2.45, 2.75) is 33.7 Å². The van der Waals surface area contributed by atoms with Crippen molar-refractivity contribution in [1.82, 2.24) is 4.90 Å². The van der Waals surface area contributed by atoms with Crippen molar-refractivity contribution >= 4 is 30.0 Å². The van der Waals surface area contributed by atoms with E-state index < -0.39 is 12.0 Å². The molecule has 0 fully saturated rings. The molecule has 0 saturated heterocycles. The number of hydrogen-bond acceptors (Lipinski definition) is 5. The van der Waals surface area contributed by atoms with Crippen LogP contribution in [0.15, 0.2) is 54.6 Å². The lowest BCUT2D eigenvalue weighted by molar-refractivity contribution is -0.145. The van der Waals surface area contributed by atoms with Crippen LogP contribution in [-0.4, -0.2) is 55.7 Å². The van der Waals surface area contributed by atoms with E-state index in [1.54, 1.807) is 55.5 Å². The summed E-state index contributed by atoms with van der Waals surface area (Å²) in [6.07, 6.45) is 0. The van der Waals surface area contributed by atoms with Crippen LogP contribution >= 0.6 is 12.4 Å². The number of likely N-dealkylation sites (N-methyl/N-ethyl adjacent to an activating group) is 1. The number of carbonyl (C=O) groups is 2. The van der Waals surface area contributed by atoms with Crippen LogP contribution in [0, 0.1) is 0 Å². The van der Waals surface area contributed by atoms with Crippen LogP contribution in [0.2, 0.25) is 0 Å². The molecule has 31 heavy (non-hydrogen) atoms. The molecule has 6 nitrogen and oxygen atoms in total. The van der Waals surface area contributed by atoms with Crippen LogP contribution in [0.3, 0.4) is 0 Å². The Bertz CT molecular complexity index is 795. The van der Waals surface area contributed by atoms with Gasteiger partial charge in [-0.15, -0.1) is 12.4 Å². The molecule has 0 aliphatic rings. The molecule has 7 heteroatoms. The molecule has 0 aliphatic carbocycles. The van der Waals surface area contributed by atoms with Gasteiger partial charge in [-0.3, -0.25) is 9.69 Å². The van der Waals surface area contributed by atoms with E-state index in [1.807, 2.05) is 13.0 Å². The summed E-state index contributed by atoms with van der Waals surface area (Å²) in [6.45, 7) is 11.1. The van der Waals surface area contributed by atoms with E-state index in [4.69, 9.17) is 9.47 Å². The Morgan fingerprint density at radius 2 is 1.55 bits per heavy atom. The molecule has 1 unspecified atom stereocenters. The lowest BCUT2D eigenvalue weighted by Gasteiger charge is -2.28. The van der Waals surface area contributed by atoms with Gasteiger partial charge < -0.3 is 14.4 Å². The number of benzene rings is 2. The van der Waals surface area contributed by atoms with Crippen LogP contribution < -0.4 is 9.64 Å². The van der Waals surface area contributed by atoms with Crippen molar-refractivity contribution in [3.05, 3.63) is 60.2 Å². The molecule has 2 aromatic rings. The number of anilines is 1. The van der Waals surface area contributed by atoms with Gasteiger partial charge in [0.25, 0.3) is 5.91 Å². The van der Waals surface area contributed by atoms with E-state index in [2.05, 4.69) is 18.7 Å². The summed E-state index contributed by atoms with van der Waals surface area (Å²) in [7, 11) is 0. The second-order valence-electron chi connectivity index (χ2n) is 6.84. The van der Waals surface area contributed by atoms with E-state index in [9.17, 15) is 9.59 Å². The minimum absolute atomic E-state index is 0. The molecule has 2 rings (SSSR count). The molecular formula is C24H33ClN2O4. The number of halogens is 1. The van der Waals surface area contributed by atoms with Gasteiger partial charge in [0, 0.05) is 17.8 Å². The highest BCUT2D eigenvalue weighted by atomic mass is 35.5. The molecule has 0 heterocycles. The topological polar surface area (TPSA) is 59.1 Å². The minimum atomic E-state index is -0.771. The standard InChI is InChI=1S/C24H32N2O4.ClH/c1-5-25(6-2)17-18-30-24(28)19(4)26(23(27)20-11-9-8-10-12-20)21-13-15-22(16-14-21)29-7-3;/h8-16,19H,5-7,17-18H2,1-4H3;1H. The Hall–Kier alpha value is -2.57. The van der Waals surface area contributed by atoms with E-state index in [0.717, 1.165) is 13.1 Å². The molecule has 0 N–H and O–H groups in total. The number of carbonyl (C=O) groups excluding carboxylic acids is 2. The molecule has 2 aromatic carbocycles. The van der Waals surface area contributed by atoms with Crippen LogP contribution in [0.4, 0.5) is 5.69 Å². The average molecular weight is 449 g/mol. The van der Waals surface area contributed by atoms with E-state index in [0.29, 0.717) is 36.8 Å². The maximum Gasteiger partial charge on any atom is 0.329 e. The molecule has 0 radical (unpaired) electrons. The molecule has 1 atom stereocenters. The molecule has 0 spiro atoms. The van der Waals surface area contributed by atoms with Gasteiger partial charge in [0.1, 0.15) is 18.4 Å². The van der Waals surface area contributed by atoms with Gasteiger partial charge in [-0.25, -0.2) is 4.79 Å². The number of amides is 1. The fourth-order valence-corrected chi connectivity index (χ4v) is 3.15. The van der Waals surface area contributed by atoms with Crippen molar-refractivity contribution in [3.63, 3.8) is 0 Å². The molecule has 1 amide bonds. The van der Waals surface area contributed by atoms with Crippen molar-refractivity contribution < 1.29 is 19.1 Å². The summed E-state index contributed by atoms with van der Waals surface area (Å²) in [4.78, 5) is 29.7. The number of ether oxygens (including phenoxy) is 2. The summed E-state index contributed by atoms with van der Waals surface area (Å²) < 4.78 is 11.0. The van der Waals surface area contributed by atoms with Gasteiger partial charge in [-0.1, -0.05) is 32.0 Å². The first-order chi connectivity index (χ1) is 14.5. The Labute approximate surface area is 191 Å². The van der Waals surface area contributed by atoms with E-state index >= 15 is 0 Å². The smallest absolute Gasteiger partial charge is 0.329 e. The second kappa shape index (κ2) is 13.7. The number of hydrogen-bond donors (Lipinski definition) is 0. The van der Waals surface area contributed by atoms with Crippen LogP contribution in [0.5, 0.6) is 5.75 Å². The van der Waals surface area contributed by atoms with Gasteiger partial charge in [0.15, 0.2) is 0 Å². The van der Waals surface area contributed by atoms with Gasteiger partial charge in [-0.05, 0) is 63.3 Å². The maximum absolute atomic E-state index is 13.3. The fourth-order valence-electron chi connectivity index (χ4n) is 3.15. The van der Waals surface area contributed by atoms with Crippen LogP contribution in [-0.2, 0) is 9.53 Å². The predicted molar refractivity (Wildman–Crippen MR) is 126 cm³/mol. The first-order valence-electron chi connectivity index (χ1n) is 10.5. The number of nitrogens with zero attached hydrogens (tertiary/aromatic N) is 2. The van der Waals surface area contributed by atoms with Gasteiger partial charge in [0.2, 0.25) is 0 Å². The quantitative estimate of drug-likeness (QED) is 0.476. The highest BCUT2D eigenvalue weighted by Gasteiger charge is 2.29. The molecular weight excluding hydrogens is 416 g/mol. The van der Waals surface area contributed by atoms with Gasteiger partial charge in [-0.2, -0.15) is 0 Å². The molecule has 170 valence electrons. The van der Waals surface area contributed by atoms with E-state index in [1.165, 1.54) is 4.90 Å². The lowest BCUT2D eigenvalue weighted by atomic mass is 10.1. The zero-order valence-electron chi connectivity index (χ0n) is 18.7. The molecule has 0 aliphatic heterocycles. The molecule has 0 saturated carbocycles. The monoisotopic (exact) mass is 448 g/mol. The Kier molecular flexibility index (Phi) is 11.7. The molecule has 0 bridgehead atoms. The molecule has 0 aromatic heterocycles. The highest BCUT2D eigenvalue weighted by Crippen LogP contribution is 2.24. The summed E-state index contributed by atoms with van der Waals surface area (Å²) in [5.74, 6) is 0.0242. The van der Waals surface area contributed by atoms with Crippen molar-refractivity contribution in [1.29, 1.82) is 0 Å². The van der Waals surface area contributed by atoms with E-state index in [-0.39, 0.29) is 18.3 Å². The first kappa shape index (κ1) is 26.5. The second-order valence-corrected chi connectivity index (χ2v) is 6.84. The third-order valence-corrected chi connectivity index (χ3v) is 4.94. The lowest BCUT2D eigenvalue weighted by Crippen LogP contribution is -2.45. The summed E-state index contributed by atoms with van der Waals surface area (Å²) in [6, 6.07) is 15.3. The van der Waals surface area contributed by atoms with Gasteiger partial charge in [0.05, 0.1) is 6.61 Å². The summed E-state index contributed by atoms with van der Waals surface area (Å²) in [5, 5.41) is 0. The first-order valence-corrected chi connectivity index (χ1v) is 10.5. The number of rotatable bonds is 11. The van der Waals surface area contributed by atoms with Crippen LogP contribution in [0.25, 0.3) is 0 Å². The Balaban J connectivity index is 0.00000480. The Morgan fingerprint density at radius 1 is 0.935 bits per heavy atom. The van der Waals surface area contributed by atoms with Gasteiger partial charge >= 0.3 is 5.97 Å². The maximum atomic E-state index is 13.3. The fraction of sp³-hybridized carbons (Fsp3) is 0.417.